The van der Waals surface area contributed by atoms with Gasteiger partial charge in [-0.15, -0.1) is 11.3 Å². The summed E-state index contributed by atoms with van der Waals surface area (Å²) in [6, 6.07) is 3.80. The molecular weight excluding hydrogens is 196 g/mol. The van der Waals surface area contributed by atoms with Crippen LogP contribution in [-0.2, 0) is 6.54 Å². The molecule has 0 amide bonds. The number of hydrogen-bond acceptors (Lipinski definition) is 5. The summed E-state index contributed by atoms with van der Waals surface area (Å²) in [6.07, 6.45) is 1.66. The fourth-order valence-electron chi connectivity index (χ4n) is 1.03. The monoisotopic (exact) mass is 206 g/mol. The van der Waals surface area contributed by atoms with E-state index in [9.17, 15) is 0 Å². The van der Waals surface area contributed by atoms with E-state index in [2.05, 4.69) is 20.5 Å². The maximum atomic E-state index is 4.28. The highest BCUT2D eigenvalue weighted by Gasteiger charge is 1.98. The lowest BCUT2D eigenvalue weighted by atomic mass is 10.4. The summed E-state index contributed by atoms with van der Waals surface area (Å²) in [7, 11) is 0. The van der Waals surface area contributed by atoms with E-state index in [-0.39, 0.29) is 0 Å². The van der Waals surface area contributed by atoms with Crippen LogP contribution in [0.1, 0.15) is 11.4 Å². The molecule has 0 aliphatic heterocycles. The Kier molecular flexibility index (Phi) is 2.69. The van der Waals surface area contributed by atoms with Crippen LogP contribution in [-0.4, -0.2) is 15.2 Å². The van der Waals surface area contributed by atoms with Crippen molar-refractivity contribution in [2.24, 2.45) is 0 Å². The second-order valence-corrected chi connectivity index (χ2v) is 3.72. The molecule has 0 radical (unpaired) electrons. The van der Waals surface area contributed by atoms with Gasteiger partial charge in [-0.25, -0.2) is 4.98 Å². The second-order valence-electron chi connectivity index (χ2n) is 2.86. The standard InChI is InChI=1S/C9H10N4S/c1-7-6-14-9(12-7)10-5-8-3-2-4-11-13-8/h2-4,6H,5H2,1H3,(H,10,12). The van der Waals surface area contributed by atoms with Crippen molar-refractivity contribution in [1.29, 1.82) is 0 Å². The summed E-state index contributed by atoms with van der Waals surface area (Å²) in [5, 5.41) is 13.9. The summed E-state index contributed by atoms with van der Waals surface area (Å²) in [5.74, 6) is 0. The molecule has 2 aromatic heterocycles. The maximum absolute atomic E-state index is 4.28. The molecule has 2 aromatic rings. The van der Waals surface area contributed by atoms with E-state index in [1.165, 1.54) is 0 Å². The third kappa shape index (κ3) is 2.26. The Balaban J connectivity index is 1.95. The van der Waals surface area contributed by atoms with E-state index in [1.807, 2.05) is 24.4 Å². The topological polar surface area (TPSA) is 50.7 Å². The molecule has 2 heterocycles. The zero-order chi connectivity index (χ0) is 9.80. The molecule has 0 saturated heterocycles. The van der Waals surface area contributed by atoms with Gasteiger partial charge in [0.2, 0.25) is 0 Å². The SMILES string of the molecule is Cc1csc(NCc2cccnn2)n1. The fourth-order valence-corrected chi connectivity index (χ4v) is 1.72. The Hall–Kier alpha value is -1.49. The molecule has 5 heteroatoms. The molecule has 0 unspecified atom stereocenters. The van der Waals surface area contributed by atoms with Gasteiger partial charge in [-0.05, 0) is 19.1 Å². The normalized spacial score (nSPS) is 10.1. The Morgan fingerprint density at radius 1 is 1.50 bits per heavy atom. The lowest BCUT2D eigenvalue weighted by molar-refractivity contribution is 0.923. The minimum atomic E-state index is 0.667. The van der Waals surface area contributed by atoms with Crippen LogP contribution < -0.4 is 5.32 Å². The van der Waals surface area contributed by atoms with Crippen molar-refractivity contribution in [2.75, 3.05) is 5.32 Å². The van der Waals surface area contributed by atoms with Gasteiger partial charge in [-0.1, -0.05) is 0 Å². The van der Waals surface area contributed by atoms with Gasteiger partial charge in [0.05, 0.1) is 17.9 Å². The van der Waals surface area contributed by atoms with Gasteiger partial charge < -0.3 is 5.32 Å². The molecule has 0 fully saturated rings. The number of aromatic nitrogens is 3. The first kappa shape index (κ1) is 9.08. The van der Waals surface area contributed by atoms with E-state index in [4.69, 9.17) is 0 Å². The van der Waals surface area contributed by atoms with Crippen molar-refractivity contribution >= 4 is 16.5 Å². The summed E-state index contributed by atoms with van der Waals surface area (Å²) in [6.45, 7) is 2.64. The predicted molar refractivity (Wildman–Crippen MR) is 56.2 cm³/mol. The van der Waals surface area contributed by atoms with Gasteiger partial charge in [0.1, 0.15) is 0 Å². The molecule has 2 rings (SSSR count). The number of rotatable bonds is 3. The van der Waals surface area contributed by atoms with E-state index in [0.29, 0.717) is 6.54 Å². The van der Waals surface area contributed by atoms with Crippen LogP contribution in [0.2, 0.25) is 0 Å². The summed E-state index contributed by atoms with van der Waals surface area (Å²) < 4.78 is 0. The van der Waals surface area contributed by atoms with E-state index in [0.717, 1.165) is 16.5 Å². The molecule has 14 heavy (non-hydrogen) atoms. The third-order valence-corrected chi connectivity index (χ3v) is 2.59. The van der Waals surface area contributed by atoms with Gasteiger partial charge in [-0.3, -0.25) is 0 Å². The summed E-state index contributed by atoms with van der Waals surface area (Å²) in [4.78, 5) is 4.28. The molecule has 0 aromatic carbocycles. The molecule has 0 aliphatic carbocycles. The number of thiazole rings is 1. The van der Waals surface area contributed by atoms with Crippen LogP contribution in [0.4, 0.5) is 5.13 Å². The van der Waals surface area contributed by atoms with Crippen molar-refractivity contribution in [3.63, 3.8) is 0 Å². The van der Waals surface area contributed by atoms with Gasteiger partial charge in [0.25, 0.3) is 0 Å². The molecule has 4 nitrogen and oxygen atoms in total. The van der Waals surface area contributed by atoms with Gasteiger partial charge in [0, 0.05) is 11.6 Å². The lowest BCUT2D eigenvalue weighted by Crippen LogP contribution is -2.01. The molecular formula is C9H10N4S. The highest BCUT2D eigenvalue weighted by atomic mass is 32.1. The highest BCUT2D eigenvalue weighted by Crippen LogP contribution is 2.14. The number of anilines is 1. The maximum Gasteiger partial charge on any atom is 0.183 e. The first-order valence-electron chi connectivity index (χ1n) is 4.27. The molecule has 1 N–H and O–H groups in total. The van der Waals surface area contributed by atoms with E-state index in [1.54, 1.807) is 17.5 Å². The molecule has 72 valence electrons. The minimum Gasteiger partial charge on any atom is -0.356 e. The Bertz CT molecular complexity index is 398. The van der Waals surface area contributed by atoms with Gasteiger partial charge in [0.15, 0.2) is 5.13 Å². The number of nitrogens with one attached hydrogen (secondary N) is 1. The Morgan fingerprint density at radius 3 is 3.07 bits per heavy atom. The number of nitrogens with zero attached hydrogens (tertiary/aromatic N) is 3. The van der Waals surface area contributed by atoms with Crippen LogP contribution in [0, 0.1) is 6.92 Å². The van der Waals surface area contributed by atoms with Crippen LogP contribution >= 0.6 is 11.3 Å². The molecule has 0 bridgehead atoms. The average molecular weight is 206 g/mol. The number of hydrogen-bond donors (Lipinski definition) is 1. The van der Waals surface area contributed by atoms with Crippen molar-refractivity contribution in [3.05, 3.63) is 35.1 Å². The van der Waals surface area contributed by atoms with Crippen molar-refractivity contribution in [3.8, 4) is 0 Å². The molecule has 0 aliphatic rings. The second kappa shape index (κ2) is 4.15. The highest BCUT2D eigenvalue weighted by molar-refractivity contribution is 7.13. The molecule has 0 saturated carbocycles. The Morgan fingerprint density at radius 2 is 2.43 bits per heavy atom. The predicted octanol–water partition coefficient (Wildman–Crippen LogP) is 1.85. The van der Waals surface area contributed by atoms with E-state index < -0.39 is 0 Å². The van der Waals surface area contributed by atoms with Crippen molar-refractivity contribution < 1.29 is 0 Å². The largest absolute Gasteiger partial charge is 0.356 e. The zero-order valence-corrected chi connectivity index (χ0v) is 8.58. The zero-order valence-electron chi connectivity index (χ0n) is 7.77. The van der Waals surface area contributed by atoms with E-state index >= 15 is 0 Å². The first-order valence-corrected chi connectivity index (χ1v) is 5.15. The van der Waals surface area contributed by atoms with Crippen LogP contribution in [0.25, 0.3) is 0 Å². The van der Waals surface area contributed by atoms with Crippen molar-refractivity contribution in [2.45, 2.75) is 13.5 Å². The first-order chi connectivity index (χ1) is 6.84. The molecule has 0 spiro atoms. The smallest absolute Gasteiger partial charge is 0.183 e. The fraction of sp³-hybridized carbons (Fsp3) is 0.222. The van der Waals surface area contributed by atoms with Crippen LogP contribution in [0.15, 0.2) is 23.7 Å². The number of aryl methyl sites for hydroxylation is 1. The summed E-state index contributed by atoms with van der Waals surface area (Å²) >= 11 is 1.60. The third-order valence-electron chi connectivity index (χ3n) is 1.67. The average Bonchev–Trinajstić information content (AvgIpc) is 2.63. The van der Waals surface area contributed by atoms with Crippen LogP contribution in [0.3, 0.4) is 0 Å². The van der Waals surface area contributed by atoms with Gasteiger partial charge >= 0.3 is 0 Å². The quantitative estimate of drug-likeness (QED) is 0.832. The van der Waals surface area contributed by atoms with Crippen LogP contribution in [0.5, 0.6) is 0 Å². The van der Waals surface area contributed by atoms with Gasteiger partial charge in [-0.2, -0.15) is 10.2 Å². The van der Waals surface area contributed by atoms with Crippen molar-refractivity contribution in [1.82, 2.24) is 15.2 Å². The lowest BCUT2D eigenvalue weighted by Gasteiger charge is -1.99. The Labute approximate surface area is 86.0 Å². The molecule has 0 atom stereocenters. The summed E-state index contributed by atoms with van der Waals surface area (Å²) in [5.41, 5.74) is 1.96. The minimum absolute atomic E-state index is 0.667.